The Morgan fingerprint density at radius 2 is 1.66 bits per heavy atom. The Morgan fingerprint density at radius 3 is 2.45 bits per heavy atom. The number of aryl methyl sites for hydroxylation is 1. The molecule has 2 heterocycles. The molecular weight excluding hydrogens is 364 g/mol. The minimum atomic E-state index is -0.105. The summed E-state index contributed by atoms with van der Waals surface area (Å²) in [6.45, 7) is 3.39. The van der Waals surface area contributed by atoms with Crippen molar-refractivity contribution in [2.24, 2.45) is 0 Å². The normalized spacial score (nSPS) is 10.6. The molecule has 0 aliphatic heterocycles. The van der Waals surface area contributed by atoms with Gasteiger partial charge in [0, 0.05) is 41.6 Å². The Kier molecular flexibility index (Phi) is 5.03. The van der Waals surface area contributed by atoms with Gasteiger partial charge in [0.05, 0.1) is 11.2 Å². The largest absolute Gasteiger partial charge is 0.338 e. The maximum absolute atomic E-state index is 11.1. The van der Waals surface area contributed by atoms with Gasteiger partial charge >= 0.3 is 0 Å². The average molecular weight is 384 g/mol. The van der Waals surface area contributed by atoms with Gasteiger partial charge in [-0.2, -0.15) is 4.98 Å². The molecule has 0 unspecified atom stereocenters. The fraction of sp³-hybridized carbons (Fsp3) is 0.0909. The topological polar surface area (TPSA) is 91.8 Å². The highest BCUT2D eigenvalue weighted by atomic mass is 16.1. The zero-order chi connectivity index (χ0) is 20.2. The number of hydrogen-bond donors (Lipinski definition) is 3. The second-order valence-electron chi connectivity index (χ2n) is 6.61. The summed E-state index contributed by atoms with van der Waals surface area (Å²) in [4.78, 5) is 24.6. The number of rotatable bonds is 5. The molecule has 0 fully saturated rings. The number of nitrogens with zero attached hydrogens (tertiary/aromatic N) is 3. The molecule has 29 heavy (non-hydrogen) atoms. The van der Waals surface area contributed by atoms with Gasteiger partial charge in [-0.3, -0.25) is 9.78 Å². The molecule has 0 aliphatic rings. The van der Waals surface area contributed by atoms with Gasteiger partial charge in [-0.05, 0) is 43.3 Å². The SMILES string of the molecule is CC(=O)Nc1ccc(Nc2nc(C)cc(Nc3cccc4cccnc34)n2)cc1. The minimum absolute atomic E-state index is 0.105. The number of para-hydroxylation sites is 1. The minimum Gasteiger partial charge on any atom is -0.338 e. The van der Waals surface area contributed by atoms with Crippen molar-refractivity contribution in [2.45, 2.75) is 13.8 Å². The molecule has 0 saturated heterocycles. The summed E-state index contributed by atoms with van der Waals surface area (Å²) >= 11 is 0. The third kappa shape index (κ3) is 4.47. The van der Waals surface area contributed by atoms with Crippen LogP contribution in [0.4, 0.5) is 28.8 Å². The summed E-state index contributed by atoms with van der Waals surface area (Å²) < 4.78 is 0. The van der Waals surface area contributed by atoms with E-state index in [1.54, 1.807) is 6.20 Å². The van der Waals surface area contributed by atoms with E-state index < -0.39 is 0 Å². The first-order valence-electron chi connectivity index (χ1n) is 9.18. The highest BCUT2D eigenvalue weighted by Crippen LogP contribution is 2.25. The number of anilines is 5. The van der Waals surface area contributed by atoms with E-state index in [0.717, 1.165) is 33.7 Å². The van der Waals surface area contributed by atoms with Crippen LogP contribution in [-0.4, -0.2) is 20.9 Å². The first-order chi connectivity index (χ1) is 14.1. The third-order valence-corrected chi connectivity index (χ3v) is 4.21. The molecule has 0 bridgehead atoms. The summed E-state index contributed by atoms with van der Waals surface area (Å²) in [5.41, 5.74) is 4.15. The van der Waals surface area contributed by atoms with Crippen LogP contribution in [0.1, 0.15) is 12.6 Å². The lowest BCUT2D eigenvalue weighted by Crippen LogP contribution is -2.06. The summed E-state index contributed by atoms with van der Waals surface area (Å²) in [5.74, 6) is 1.05. The van der Waals surface area contributed by atoms with Crippen LogP contribution in [0.2, 0.25) is 0 Å². The molecule has 0 atom stereocenters. The Hall–Kier alpha value is -4.00. The van der Waals surface area contributed by atoms with Crippen LogP contribution in [0.25, 0.3) is 10.9 Å². The molecule has 144 valence electrons. The van der Waals surface area contributed by atoms with Crippen molar-refractivity contribution >= 4 is 45.6 Å². The predicted octanol–water partition coefficient (Wildman–Crippen LogP) is 4.78. The highest BCUT2D eigenvalue weighted by molar-refractivity contribution is 5.91. The molecule has 2 aromatic heterocycles. The van der Waals surface area contributed by atoms with Gasteiger partial charge in [-0.25, -0.2) is 4.98 Å². The molecule has 2 aromatic carbocycles. The van der Waals surface area contributed by atoms with E-state index in [0.29, 0.717) is 11.8 Å². The summed E-state index contributed by atoms with van der Waals surface area (Å²) in [6, 6.07) is 19.2. The smallest absolute Gasteiger partial charge is 0.229 e. The molecule has 0 saturated carbocycles. The van der Waals surface area contributed by atoms with Gasteiger partial charge in [-0.15, -0.1) is 0 Å². The van der Waals surface area contributed by atoms with E-state index in [4.69, 9.17) is 0 Å². The first-order valence-corrected chi connectivity index (χ1v) is 9.18. The van der Waals surface area contributed by atoms with Crippen LogP contribution in [-0.2, 0) is 4.79 Å². The van der Waals surface area contributed by atoms with E-state index in [1.165, 1.54) is 6.92 Å². The standard InChI is InChI=1S/C22H20N6O/c1-14-13-20(27-19-7-3-5-16-6-4-12-23-21(16)19)28-22(24-14)26-18-10-8-17(9-11-18)25-15(2)29/h3-13H,1-2H3,(H,25,29)(H2,24,26,27,28). The van der Waals surface area contributed by atoms with E-state index >= 15 is 0 Å². The van der Waals surface area contributed by atoms with Gasteiger partial charge in [0.25, 0.3) is 0 Å². The van der Waals surface area contributed by atoms with Crippen molar-refractivity contribution < 1.29 is 4.79 Å². The van der Waals surface area contributed by atoms with Crippen molar-refractivity contribution in [3.05, 3.63) is 72.6 Å². The molecule has 3 N–H and O–H groups in total. The highest BCUT2D eigenvalue weighted by Gasteiger charge is 2.07. The summed E-state index contributed by atoms with van der Waals surface area (Å²) in [5, 5.41) is 10.3. The van der Waals surface area contributed by atoms with E-state index in [-0.39, 0.29) is 5.91 Å². The number of amides is 1. The Morgan fingerprint density at radius 1 is 0.897 bits per heavy atom. The van der Waals surface area contributed by atoms with Crippen molar-refractivity contribution in [3.8, 4) is 0 Å². The number of carbonyl (C=O) groups excluding carboxylic acids is 1. The van der Waals surface area contributed by atoms with Crippen molar-refractivity contribution in [2.75, 3.05) is 16.0 Å². The number of hydrogen-bond acceptors (Lipinski definition) is 6. The van der Waals surface area contributed by atoms with E-state index in [9.17, 15) is 4.79 Å². The molecule has 7 nitrogen and oxygen atoms in total. The number of benzene rings is 2. The molecule has 0 spiro atoms. The first kappa shape index (κ1) is 18.4. The number of carbonyl (C=O) groups is 1. The number of pyridine rings is 1. The maximum Gasteiger partial charge on any atom is 0.229 e. The molecular formula is C22H20N6O. The molecule has 1 amide bonds. The number of nitrogens with one attached hydrogen (secondary N) is 3. The van der Waals surface area contributed by atoms with Crippen molar-refractivity contribution in [3.63, 3.8) is 0 Å². The zero-order valence-corrected chi connectivity index (χ0v) is 16.1. The van der Waals surface area contributed by atoms with Crippen molar-refractivity contribution in [1.29, 1.82) is 0 Å². The average Bonchev–Trinajstić information content (AvgIpc) is 2.69. The Labute approximate surface area is 168 Å². The van der Waals surface area contributed by atoms with Crippen LogP contribution in [0.15, 0.2) is 66.9 Å². The van der Waals surface area contributed by atoms with Crippen LogP contribution in [0.3, 0.4) is 0 Å². The summed E-state index contributed by atoms with van der Waals surface area (Å²) in [7, 11) is 0. The third-order valence-electron chi connectivity index (χ3n) is 4.21. The Bertz CT molecular complexity index is 1170. The van der Waals surface area contributed by atoms with Gasteiger partial charge in [0.1, 0.15) is 5.82 Å². The maximum atomic E-state index is 11.1. The molecule has 0 radical (unpaired) electrons. The second kappa shape index (κ2) is 7.93. The van der Waals surface area contributed by atoms with E-state index in [2.05, 4.69) is 30.9 Å². The second-order valence-corrected chi connectivity index (χ2v) is 6.61. The fourth-order valence-corrected chi connectivity index (χ4v) is 3.00. The lowest BCUT2D eigenvalue weighted by Gasteiger charge is -2.11. The van der Waals surface area contributed by atoms with Crippen LogP contribution >= 0.6 is 0 Å². The summed E-state index contributed by atoms with van der Waals surface area (Å²) in [6.07, 6.45) is 1.77. The number of fused-ring (bicyclic) bond motifs is 1. The van der Waals surface area contributed by atoms with Gasteiger partial charge in [-0.1, -0.05) is 18.2 Å². The predicted molar refractivity (Wildman–Crippen MR) is 116 cm³/mol. The molecule has 0 aliphatic carbocycles. The lowest BCUT2D eigenvalue weighted by atomic mass is 10.2. The van der Waals surface area contributed by atoms with Gasteiger partial charge in [0.2, 0.25) is 11.9 Å². The monoisotopic (exact) mass is 384 g/mol. The molecule has 4 aromatic rings. The lowest BCUT2D eigenvalue weighted by molar-refractivity contribution is -0.114. The van der Waals surface area contributed by atoms with Crippen LogP contribution in [0, 0.1) is 6.92 Å². The molecule has 7 heteroatoms. The Balaban J connectivity index is 1.57. The quantitative estimate of drug-likeness (QED) is 0.459. The van der Waals surface area contributed by atoms with E-state index in [1.807, 2.05) is 67.6 Å². The zero-order valence-electron chi connectivity index (χ0n) is 16.1. The van der Waals surface area contributed by atoms with Gasteiger partial charge < -0.3 is 16.0 Å². The number of aromatic nitrogens is 3. The van der Waals surface area contributed by atoms with Crippen LogP contribution in [0.5, 0.6) is 0 Å². The molecule has 4 rings (SSSR count). The fourth-order valence-electron chi connectivity index (χ4n) is 3.00. The van der Waals surface area contributed by atoms with Crippen LogP contribution < -0.4 is 16.0 Å². The van der Waals surface area contributed by atoms with Crippen molar-refractivity contribution in [1.82, 2.24) is 15.0 Å². The van der Waals surface area contributed by atoms with Gasteiger partial charge in [0.15, 0.2) is 0 Å².